The van der Waals surface area contributed by atoms with Gasteiger partial charge in [-0.1, -0.05) is 42.5 Å². The van der Waals surface area contributed by atoms with E-state index in [9.17, 15) is 14.4 Å². The number of hydrogen-bond donors (Lipinski definition) is 2. The number of carbonyl (C=O) groups excluding carboxylic acids is 3. The van der Waals surface area contributed by atoms with Gasteiger partial charge in [0.1, 0.15) is 18.2 Å². The highest BCUT2D eigenvalue weighted by molar-refractivity contribution is 8.15. The van der Waals surface area contributed by atoms with E-state index < -0.39 is 23.8 Å². The molecule has 0 aliphatic rings. The quantitative estimate of drug-likeness (QED) is 0.286. The fourth-order valence-corrected chi connectivity index (χ4v) is 5.04. The Morgan fingerprint density at radius 1 is 1.03 bits per heavy atom. The van der Waals surface area contributed by atoms with Crippen molar-refractivity contribution in [2.75, 3.05) is 6.54 Å². The molecule has 2 N–H and O–H groups in total. The first-order valence-electron chi connectivity index (χ1n) is 11.2. The number of rotatable bonds is 9. The van der Waals surface area contributed by atoms with Gasteiger partial charge < -0.3 is 20.1 Å². The summed E-state index contributed by atoms with van der Waals surface area (Å²) >= 11 is 2.41. The molecule has 35 heavy (non-hydrogen) atoms. The minimum absolute atomic E-state index is 0.173. The molecule has 2 amide bonds. The summed E-state index contributed by atoms with van der Waals surface area (Å²) in [6.07, 6.45) is -0.446. The maximum Gasteiger partial charge on any atom is 0.408 e. The Hall–Kier alpha value is -3.11. The van der Waals surface area contributed by atoms with E-state index in [0.29, 0.717) is 23.7 Å². The second-order valence-electron chi connectivity index (χ2n) is 8.70. The van der Waals surface area contributed by atoms with Crippen molar-refractivity contribution < 1.29 is 23.9 Å². The van der Waals surface area contributed by atoms with Crippen LogP contribution in [0.5, 0.6) is 0 Å². The summed E-state index contributed by atoms with van der Waals surface area (Å²) in [5.74, 6) is 0. The van der Waals surface area contributed by atoms with Gasteiger partial charge in [-0.2, -0.15) is 0 Å². The predicted octanol–water partition coefficient (Wildman–Crippen LogP) is 5.51. The zero-order chi connectivity index (χ0) is 25.3. The average Bonchev–Trinajstić information content (AvgIpc) is 3.21. The van der Waals surface area contributed by atoms with Crippen molar-refractivity contribution in [2.45, 2.75) is 56.2 Å². The third-order valence-corrected chi connectivity index (χ3v) is 6.67. The lowest BCUT2D eigenvalue weighted by molar-refractivity contribution is -0.113. The Balaban J connectivity index is 1.52. The van der Waals surface area contributed by atoms with Gasteiger partial charge in [0.2, 0.25) is 5.12 Å². The molecule has 1 aromatic heterocycles. The minimum Gasteiger partial charge on any atom is -0.445 e. The molecule has 0 radical (unpaired) electrons. The van der Waals surface area contributed by atoms with Crippen LogP contribution in [0.4, 0.5) is 9.59 Å². The Bertz CT molecular complexity index is 1110. The van der Waals surface area contributed by atoms with E-state index in [1.807, 2.05) is 54.6 Å². The Kier molecular flexibility index (Phi) is 9.50. The van der Waals surface area contributed by atoms with Gasteiger partial charge in [0, 0.05) is 6.54 Å². The van der Waals surface area contributed by atoms with Gasteiger partial charge in [-0.05, 0) is 63.1 Å². The number of benzene rings is 2. The van der Waals surface area contributed by atoms with E-state index in [4.69, 9.17) is 9.47 Å². The first-order chi connectivity index (χ1) is 16.7. The first kappa shape index (κ1) is 26.5. The molecule has 2 aromatic carbocycles. The summed E-state index contributed by atoms with van der Waals surface area (Å²) < 4.78 is 12.1. The van der Waals surface area contributed by atoms with Crippen LogP contribution in [0.2, 0.25) is 0 Å². The molecule has 8 nitrogen and oxygen atoms in total. The Labute approximate surface area is 212 Å². The minimum atomic E-state index is -0.802. The monoisotopic (exact) mass is 515 g/mol. The standard InChI is InChI=1S/C25H29N3O5S2/c1-25(2,3)33-23(31)27-19(21(29)35-24-28-18-12-7-8-14-20(18)34-24)13-9-15-26-22(30)32-16-17-10-5-4-6-11-17/h4-8,10-12,14,19H,9,13,15-16H2,1-3H3,(H,26,30)(H,27,31)/t19-/m0/s1. The molecular weight excluding hydrogens is 486 g/mol. The van der Waals surface area contributed by atoms with Crippen LogP contribution in [-0.2, 0) is 20.9 Å². The van der Waals surface area contributed by atoms with Crippen molar-refractivity contribution in [2.24, 2.45) is 0 Å². The molecule has 186 valence electrons. The summed E-state index contributed by atoms with van der Waals surface area (Å²) in [7, 11) is 0. The molecule has 1 heterocycles. The second-order valence-corrected chi connectivity index (χ2v) is 11.0. The number of nitrogens with one attached hydrogen (secondary N) is 2. The zero-order valence-corrected chi connectivity index (χ0v) is 21.5. The van der Waals surface area contributed by atoms with E-state index in [-0.39, 0.29) is 11.7 Å². The number of nitrogens with zero attached hydrogens (tertiary/aromatic N) is 1. The van der Waals surface area contributed by atoms with Gasteiger partial charge in [-0.15, -0.1) is 11.3 Å². The van der Waals surface area contributed by atoms with Gasteiger partial charge >= 0.3 is 12.2 Å². The second kappa shape index (κ2) is 12.6. The topological polar surface area (TPSA) is 107 Å². The zero-order valence-electron chi connectivity index (χ0n) is 19.9. The average molecular weight is 516 g/mol. The van der Waals surface area contributed by atoms with E-state index in [1.165, 1.54) is 11.3 Å². The number of amides is 2. The lowest BCUT2D eigenvalue weighted by atomic mass is 10.1. The van der Waals surface area contributed by atoms with E-state index in [2.05, 4.69) is 15.6 Å². The van der Waals surface area contributed by atoms with E-state index in [1.54, 1.807) is 20.8 Å². The first-order valence-corrected chi connectivity index (χ1v) is 12.8. The highest BCUT2D eigenvalue weighted by atomic mass is 32.2. The molecule has 0 aliphatic carbocycles. The number of thioether (sulfide) groups is 1. The van der Waals surface area contributed by atoms with Crippen LogP contribution in [0.25, 0.3) is 10.2 Å². The summed E-state index contributed by atoms with van der Waals surface area (Å²) in [5.41, 5.74) is 1.02. The third kappa shape index (κ3) is 9.22. The number of alkyl carbamates (subject to hydrolysis) is 2. The molecule has 3 aromatic rings. The van der Waals surface area contributed by atoms with Crippen molar-refractivity contribution in [1.82, 2.24) is 15.6 Å². The molecule has 0 aliphatic heterocycles. The smallest absolute Gasteiger partial charge is 0.408 e. The van der Waals surface area contributed by atoms with Crippen molar-refractivity contribution in [3.63, 3.8) is 0 Å². The van der Waals surface area contributed by atoms with Gasteiger partial charge in [0.25, 0.3) is 0 Å². The van der Waals surface area contributed by atoms with Crippen LogP contribution in [0, 0.1) is 0 Å². The normalized spacial score (nSPS) is 12.1. The molecule has 0 saturated carbocycles. The van der Waals surface area contributed by atoms with Crippen LogP contribution >= 0.6 is 23.1 Å². The molecule has 0 fully saturated rings. The van der Waals surface area contributed by atoms with Crippen molar-refractivity contribution in [3.05, 3.63) is 60.2 Å². The highest BCUT2D eigenvalue weighted by Gasteiger charge is 2.26. The van der Waals surface area contributed by atoms with Crippen LogP contribution in [0.3, 0.4) is 0 Å². The number of thiazole rings is 1. The summed E-state index contributed by atoms with van der Waals surface area (Å²) in [4.78, 5) is 41.8. The van der Waals surface area contributed by atoms with Gasteiger partial charge in [-0.3, -0.25) is 4.79 Å². The van der Waals surface area contributed by atoms with Gasteiger partial charge in [0.05, 0.1) is 10.2 Å². The Morgan fingerprint density at radius 3 is 2.46 bits per heavy atom. The number of para-hydroxylation sites is 1. The van der Waals surface area contributed by atoms with Crippen LogP contribution in [0.15, 0.2) is 58.9 Å². The molecule has 0 spiro atoms. The summed E-state index contributed by atoms with van der Waals surface area (Å²) in [6.45, 7) is 5.73. The molecule has 0 unspecified atom stereocenters. The maximum atomic E-state index is 13.0. The van der Waals surface area contributed by atoms with E-state index in [0.717, 1.165) is 27.5 Å². The van der Waals surface area contributed by atoms with Gasteiger partial charge in [-0.25, -0.2) is 14.6 Å². The fourth-order valence-electron chi connectivity index (χ4n) is 3.02. The fraction of sp³-hybridized carbons (Fsp3) is 0.360. The number of fused-ring (bicyclic) bond motifs is 1. The largest absolute Gasteiger partial charge is 0.445 e. The molecule has 10 heteroatoms. The van der Waals surface area contributed by atoms with Crippen molar-refractivity contribution in [3.8, 4) is 0 Å². The maximum absolute atomic E-state index is 13.0. The van der Waals surface area contributed by atoms with Crippen molar-refractivity contribution in [1.29, 1.82) is 0 Å². The lowest BCUT2D eigenvalue weighted by Crippen LogP contribution is -2.43. The van der Waals surface area contributed by atoms with Gasteiger partial charge in [0.15, 0.2) is 4.34 Å². The molecular formula is C25H29N3O5S2. The summed E-state index contributed by atoms with van der Waals surface area (Å²) in [5, 5.41) is 5.09. The summed E-state index contributed by atoms with van der Waals surface area (Å²) in [6, 6.07) is 16.2. The lowest BCUT2D eigenvalue weighted by Gasteiger charge is -2.22. The van der Waals surface area contributed by atoms with Crippen LogP contribution in [0.1, 0.15) is 39.2 Å². The van der Waals surface area contributed by atoms with Crippen molar-refractivity contribution >= 4 is 50.6 Å². The number of ether oxygens (including phenoxy) is 2. The molecule has 0 bridgehead atoms. The van der Waals surface area contributed by atoms with Crippen LogP contribution in [-0.4, -0.2) is 40.5 Å². The van der Waals surface area contributed by atoms with Crippen LogP contribution < -0.4 is 10.6 Å². The SMILES string of the molecule is CC(C)(C)OC(=O)N[C@@H](CCCNC(=O)OCc1ccccc1)C(=O)Sc1nc2ccccc2s1. The number of hydrogen-bond acceptors (Lipinski definition) is 8. The molecule has 3 rings (SSSR count). The number of aromatic nitrogens is 1. The van der Waals surface area contributed by atoms with E-state index >= 15 is 0 Å². The Morgan fingerprint density at radius 2 is 1.74 bits per heavy atom. The highest BCUT2D eigenvalue weighted by Crippen LogP contribution is 2.30. The molecule has 1 atom stereocenters. The third-order valence-electron chi connectivity index (χ3n) is 4.59. The number of carbonyl (C=O) groups is 3. The molecule has 0 saturated heterocycles. The predicted molar refractivity (Wildman–Crippen MR) is 138 cm³/mol.